The SMILES string of the molecule is CCN(CC(N)=O)c1nc(NN)nc(OC(C)C)n1. The van der Waals surface area contributed by atoms with Gasteiger partial charge in [0, 0.05) is 6.54 Å². The number of nitrogen functional groups attached to an aromatic ring is 1. The average molecular weight is 269 g/mol. The van der Waals surface area contributed by atoms with Gasteiger partial charge in [0.05, 0.1) is 12.6 Å². The van der Waals surface area contributed by atoms with Crippen LogP contribution in [-0.4, -0.2) is 40.1 Å². The quantitative estimate of drug-likeness (QED) is 0.435. The topological polar surface area (TPSA) is 132 Å². The first-order chi connectivity index (χ1) is 8.96. The highest BCUT2D eigenvalue weighted by molar-refractivity contribution is 5.78. The number of nitrogens with one attached hydrogen (secondary N) is 1. The standard InChI is InChI=1S/C10H19N7O2/c1-4-17(5-7(11)18)9-13-8(16-12)14-10(15-9)19-6(2)3/h6H,4-5,12H2,1-3H3,(H2,11,18)(H,13,14,15,16). The van der Waals surface area contributed by atoms with Crippen LogP contribution in [0.1, 0.15) is 20.8 Å². The molecule has 1 amide bonds. The molecule has 9 nitrogen and oxygen atoms in total. The maximum Gasteiger partial charge on any atom is 0.323 e. The summed E-state index contributed by atoms with van der Waals surface area (Å²) in [5.74, 6) is 5.25. The van der Waals surface area contributed by atoms with E-state index < -0.39 is 5.91 Å². The largest absolute Gasteiger partial charge is 0.461 e. The van der Waals surface area contributed by atoms with Gasteiger partial charge < -0.3 is 15.4 Å². The molecule has 0 atom stereocenters. The Labute approximate surface area is 111 Å². The normalized spacial score (nSPS) is 10.4. The minimum Gasteiger partial charge on any atom is -0.461 e. The molecule has 1 aromatic rings. The summed E-state index contributed by atoms with van der Waals surface area (Å²) < 4.78 is 5.40. The zero-order valence-electron chi connectivity index (χ0n) is 11.3. The summed E-state index contributed by atoms with van der Waals surface area (Å²) in [6.07, 6.45) is -0.0907. The molecule has 0 saturated carbocycles. The number of carbonyl (C=O) groups excluding carboxylic acids is 1. The Morgan fingerprint density at radius 1 is 1.42 bits per heavy atom. The van der Waals surface area contributed by atoms with E-state index in [0.717, 1.165) is 0 Å². The van der Waals surface area contributed by atoms with Crippen LogP contribution in [0.25, 0.3) is 0 Å². The van der Waals surface area contributed by atoms with Gasteiger partial charge in [0.15, 0.2) is 0 Å². The van der Waals surface area contributed by atoms with Crippen molar-refractivity contribution in [2.45, 2.75) is 26.9 Å². The lowest BCUT2D eigenvalue weighted by Gasteiger charge is -2.20. The summed E-state index contributed by atoms with van der Waals surface area (Å²) in [5, 5.41) is 0. The van der Waals surface area contributed by atoms with Gasteiger partial charge in [-0.05, 0) is 20.8 Å². The number of nitrogens with two attached hydrogens (primary N) is 2. The lowest BCUT2D eigenvalue weighted by Crippen LogP contribution is -2.35. The number of hydrogen-bond donors (Lipinski definition) is 3. The first-order valence-corrected chi connectivity index (χ1v) is 5.88. The van der Waals surface area contributed by atoms with E-state index in [2.05, 4.69) is 20.4 Å². The molecule has 0 fully saturated rings. The second kappa shape index (κ2) is 6.69. The van der Waals surface area contributed by atoms with Crippen LogP contribution in [0.5, 0.6) is 6.01 Å². The fourth-order valence-corrected chi connectivity index (χ4v) is 1.33. The van der Waals surface area contributed by atoms with Crippen molar-refractivity contribution in [2.75, 3.05) is 23.4 Å². The van der Waals surface area contributed by atoms with E-state index in [1.807, 2.05) is 20.8 Å². The van der Waals surface area contributed by atoms with Crippen molar-refractivity contribution in [1.82, 2.24) is 15.0 Å². The van der Waals surface area contributed by atoms with Crippen LogP contribution in [0.3, 0.4) is 0 Å². The molecule has 0 unspecified atom stereocenters. The molecule has 1 heterocycles. The molecule has 0 aliphatic carbocycles. The average Bonchev–Trinajstić information content (AvgIpc) is 2.34. The fraction of sp³-hybridized carbons (Fsp3) is 0.600. The van der Waals surface area contributed by atoms with Gasteiger partial charge >= 0.3 is 6.01 Å². The molecule has 0 bridgehead atoms. The molecule has 0 saturated heterocycles. The molecule has 106 valence electrons. The summed E-state index contributed by atoms with van der Waals surface area (Å²) in [5.41, 5.74) is 7.50. The Morgan fingerprint density at radius 3 is 2.58 bits per heavy atom. The predicted molar refractivity (Wildman–Crippen MR) is 70.5 cm³/mol. The number of aromatic nitrogens is 3. The minimum atomic E-state index is -0.476. The van der Waals surface area contributed by atoms with Crippen molar-refractivity contribution >= 4 is 17.8 Å². The first-order valence-electron chi connectivity index (χ1n) is 5.88. The molecule has 0 radical (unpaired) electrons. The summed E-state index contributed by atoms with van der Waals surface area (Å²) in [6.45, 7) is 6.06. The van der Waals surface area contributed by atoms with Gasteiger partial charge in [-0.2, -0.15) is 15.0 Å². The lowest BCUT2D eigenvalue weighted by atomic mass is 10.5. The van der Waals surface area contributed by atoms with E-state index in [9.17, 15) is 4.79 Å². The van der Waals surface area contributed by atoms with Crippen LogP contribution in [-0.2, 0) is 4.79 Å². The van der Waals surface area contributed by atoms with Crippen LogP contribution in [0.4, 0.5) is 11.9 Å². The predicted octanol–water partition coefficient (Wildman–Crippen LogP) is -0.744. The van der Waals surface area contributed by atoms with Gasteiger partial charge in [0.2, 0.25) is 17.8 Å². The first kappa shape index (κ1) is 14.9. The Morgan fingerprint density at radius 2 is 2.11 bits per heavy atom. The Kier molecular flexibility index (Phi) is 5.24. The smallest absolute Gasteiger partial charge is 0.323 e. The summed E-state index contributed by atoms with van der Waals surface area (Å²) in [4.78, 5) is 24.7. The number of amides is 1. The van der Waals surface area contributed by atoms with Crippen molar-refractivity contribution in [1.29, 1.82) is 0 Å². The number of anilines is 2. The summed E-state index contributed by atoms with van der Waals surface area (Å²) in [6, 6.07) is 0.135. The van der Waals surface area contributed by atoms with Crippen LogP contribution in [0.15, 0.2) is 0 Å². The summed E-state index contributed by atoms with van der Waals surface area (Å²) >= 11 is 0. The third-order valence-electron chi connectivity index (χ3n) is 2.08. The van der Waals surface area contributed by atoms with Crippen molar-refractivity contribution in [3.63, 3.8) is 0 Å². The molecule has 0 aliphatic rings. The molecule has 1 aromatic heterocycles. The second-order valence-electron chi connectivity index (χ2n) is 4.03. The number of hydrogen-bond acceptors (Lipinski definition) is 8. The Balaban J connectivity index is 3.06. The molecule has 5 N–H and O–H groups in total. The number of primary amides is 1. The maximum atomic E-state index is 11.0. The molecular formula is C10H19N7O2. The van der Waals surface area contributed by atoms with Crippen molar-refractivity contribution < 1.29 is 9.53 Å². The van der Waals surface area contributed by atoms with Crippen LogP contribution >= 0.6 is 0 Å². The Hall–Kier alpha value is -2.16. The molecule has 19 heavy (non-hydrogen) atoms. The molecule has 1 rings (SSSR count). The number of likely N-dealkylation sites (N-methyl/N-ethyl adjacent to an activating group) is 1. The van der Waals surface area contributed by atoms with Gasteiger partial charge in [-0.3, -0.25) is 10.2 Å². The minimum absolute atomic E-state index is 0.00560. The highest BCUT2D eigenvalue weighted by atomic mass is 16.5. The van der Waals surface area contributed by atoms with Gasteiger partial charge in [0.25, 0.3) is 0 Å². The van der Waals surface area contributed by atoms with Crippen molar-refractivity contribution in [3.8, 4) is 6.01 Å². The Bertz CT molecular complexity index is 438. The number of rotatable bonds is 7. The maximum absolute atomic E-state index is 11.0. The molecule has 0 aliphatic heterocycles. The van der Waals surface area contributed by atoms with Crippen molar-refractivity contribution in [3.05, 3.63) is 0 Å². The van der Waals surface area contributed by atoms with Crippen LogP contribution < -0.4 is 26.6 Å². The van der Waals surface area contributed by atoms with E-state index in [-0.39, 0.29) is 30.6 Å². The monoisotopic (exact) mass is 269 g/mol. The van der Waals surface area contributed by atoms with E-state index in [4.69, 9.17) is 16.3 Å². The number of ether oxygens (including phenoxy) is 1. The van der Waals surface area contributed by atoms with E-state index in [1.165, 1.54) is 0 Å². The zero-order valence-corrected chi connectivity index (χ0v) is 11.3. The third kappa shape index (κ3) is 4.54. The second-order valence-corrected chi connectivity index (χ2v) is 4.03. The lowest BCUT2D eigenvalue weighted by molar-refractivity contribution is -0.116. The van der Waals surface area contributed by atoms with Crippen LogP contribution in [0, 0.1) is 0 Å². The van der Waals surface area contributed by atoms with Gasteiger partial charge in [-0.15, -0.1) is 0 Å². The fourth-order valence-electron chi connectivity index (χ4n) is 1.33. The highest BCUT2D eigenvalue weighted by Crippen LogP contribution is 2.15. The van der Waals surface area contributed by atoms with Gasteiger partial charge in [-0.25, -0.2) is 5.84 Å². The number of nitrogens with zero attached hydrogens (tertiary/aromatic N) is 4. The number of carbonyl (C=O) groups is 1. The molecule has 0 spiro atoms. The third-order valence-corrected chi connectivity index (χ3v) is 2.08. The molecule has 9 heteroatoms. The molecular weight excluding hydrogens is 250 g/mol. The van der Waals surface area contributed by atoms with E-state index in [1.54, 1.807) is 4.90 Å². The van der Waals surface area contributed by atoms with E-state index >= 15 is 0 Å². The van der Waals surface area contributed by atoms with Gasteiger partial charge in [-0.1, -0.05) is 0 Å². The molecule has 0 aromatic carbocycles. The summed E-state index contributed by atoms with van der Waals surface area (Å²) in [7, 11) is 0. The van der Waals surface area contributed by atoms with Crippen LogP contribution in [0.2, 0.25) is 0 Å². The zero-order chi connectivity index (χ0) is 14.4. The highest BCUT2D eigenvalue weighted by Gasteiger charge is 2.15. The van der Waals surface area contributed by atoms with Gasteiger partial charge in [0.1, 0.15) is 0 Å². The van der Waals surface area contributed by atoms with E-state index in [0.29, 0.717) is 6.54 Å². The van der Waals surface area contributed by atoms with Crippen molar-refractivity contribution in [2.24, 2.45) is 11.6 Å². The number of hydrazine groups is 1.